The first kappa shape index (κ1) is 29.4. The van der Waals surface area contributed by atoms with Gasteiger partial charge in [-0.3, -0.25) is 4.79 Å². The zero-order valence-electron chi connectivity index (χ0n) is 25.3. The molecule has 3 heterocycles. The van der Waals surface area contributed by atoms with E-state index in [0.29, 0.717) is 31.6 Å². The molecule has 1 saturated carbocycles. The molecule has 1 N–H and O–H groups in total. The van der Waals surface area contributed by atoms with Gasteiger partial charge in [0.2, 0.25) is 0 Å². The van der Waals surface area contributed by atoms with Crippen LogP contribution < -0.4 is 15.6 Å². The average Bonchev–Trinajstić information content (AvgIpc) is 3.51. The van der Waals surface area contributed by atoms with Crippen LogP contribution in [0.5, 0.6) is 5.75 Å². The molecule has 6 rings (SSSR count). The quantitative estimate of drug-likeness (QED) is 0.380. The molecule has 7 nitrogen and oxygen atoms in total. The number of amides is 2. The van der Waals surface area contributed by atoms with Gasteiger partial charge in [0.05, 0.1) is 13.2 Å². The van der Waals surface area contributed by atoms with Gasteiger partial charge in [-0.2, -0.15) is 0 Å². The molecule has 1 spiro atoms. The van der Waals surface area contributed by atoms with E-state index < -0.39 is 0 Å². The number of urea groups is 1. The van der Waals surface area contributed by atoms with Gasteiger partial charge in [0.15, 0.2) is 0 Å². The summed E-state index contributed by atoms with van der Waals surface area (Å²) in [6.45, 7) is 2.75. The molecule has 43 heavy (non-hydrogen) atoms. The van der Waals surface area contributed by atoms with Gasteiger partial charge in [-0.15, -0.1) is 0 Å². The van der Waals surface area contributed by atoms with Crippen LogP contribution in [0, 0.1) is 17.2 Å². The van der Waals surface area contributed by atoms with Gasteiger partial charge in [-0.1, -0.05) is 43.2 Å². The number of benzene rings is 2. The molecule has 3 aromatic rings. The monoisotopic (exact) mass is 586 g/mol. The number of rotatable bonds is 6. The smallest absolute Gasteiger partial charge is 0.320 e. The van der Waals surface area contributed by atoms with Crippen molar-refractivity contribution in [1.29, 1.82) is 0 Å². The van der Waals surface area contributed by atoms with Crippen LogP contribution in [0.2, 0.25) is 0 Å². The van der Waals surface area contributed by atoms with Gasteiger partial charge in [-0.05, 0) is 85.9 Å². The Bertz CT molecular complexity index is 1480. The predicted molar refractivity (Wildman–Crippen MR) is 167 cm³/mol. The molecule has 1 aromatic heterocycles. The number of pyridine rings is 1. The lowest BCUT2D eigenvalue weighted by molar-refractivity contribution is 0.0209. The third kappa shape index (κ3) is 5.94. The fourth-order valence-electron chi connectivity index (χ4n) is 7.89. The second-order valence-electron chi connectivity index (χ2n) is 12.6. The van der Waals surface area contributed by atoms with Crippen molar-refractivity contribution in [3.63, 3.8) is 0 Å². The highest BCUT2D eigenvalue weighted by Gasteiger charge is 2.47. The summed E-state index contributed by atoms with van der Waals surface area (Å²) in [5.74, 6) is 0.816. The van der Waals surface area contributed by atoms with Crippen LogP contribution in [0.4, 0.5) is 9.18 Å². The highest BCUT2D eigenvalue weighted by molar-refractivity contribution is 5.75. The first-order valence-corrected chi connectivity index (χ1v) is 15.7. The molecule has 3 fully saturated rings. The molecule has 0 radical (unpaired) electrons. The van der Waals surface area contributed by atoms with Crippen molar-refractivity contribution >= 4 is 6.03 Å². The number of halogens is 1. The Kier molecular flexibility index (Phi) is 8.57. The molecule has 8 heteroatoms. The molecular weight excluding hydrogens is 543 g/mol. The van der Waals surface area contributed by atoms with Crippen molar-refractivity contribution in [3.8, 4) is 16.9 Å². The number of carbonyl (C=O) groups is 1. The number of carbonyl (C=O) groups excluding carboxylic acids is 1. The number of hydrogen-bond acceptors (Lipinski definition) is 4. The van der Waals surface area contributed by atoms with Gasteiger partial charge < -0.3 is 24.4 Å². The summed E-state index contributed by atoms with van der Waals surface area (Å²) in [7, 11) is 3.61. The van der Waals surface area contributed by atoms with Crippen molar-refractivity contribution in [2.75, 3.05) is 33.8 Å². The SMILES string of the molecule is CN[C@@H]1CCN(C(=O)N2CC[C@@H](Cn3ccc(-c4ccccc4OC)cc3=O)C3(CCCC3)C2)[C@H](c2ccc(F)cc2)C1. The van der Waals surface area contributed by atoms with Crippen LogP contribution in [0.15, 0.2) is 71.7 Å². The summed E-state index contributed by atoms with van der Waals surface area (Å²) in [6, 6.07) is 18.4. The molecule has 2 saturated heterocycles. The fraction of sp³-hybridized carbons (Fsp3) is 0.486. The number of nitrogens with zero attached hydrogens (tertiary/aromatic N) is 3. The minimum absolute atomic E-state index is 0.00963. The van der Waals surface area contributed by atoms with E-state index in [0.717, 1.165) is 73.9 Å². The van der Waals surface area contributed by atoms with Crippen molar-refractivity contribution in [2.24, 2.45) is 11.3 Å². The summed E-state index contributed by atoms with van der Waals surface area (Å²) in [5, 5.41) is 3.39. The zero-order valence-corrected chi connectivity index (χ0v) is 25.3. The van der Waals surface area contributed by atoms with Crippen LogP contribution in [-0.4, -0.2) is 60.2 Å². The summed E-state index contributed by atoms with van der Waals surface area (Å²) < 4.78 is 21.1. The highest BCUT2D eigenvalue weighted by atomic mass is 19.1. The molecular formula is C35H43FN4O3. The number of nitrogens with one attached hydrogen (secondary N) is 1. The van der Waals surface area contributed by atoms with Crippen molar-refractivity contribution < 1.29 is 13.9 Å². The summed E-state index contributed by atoms with van der Waals surface area (Å²) in [6.07, 6.45) is 8.98. The topological polar surface area (TPSA) is 66.8 Å². The molecule has 2 aromatic carbocycles. The van der Waals surface area contributed by atoms with E-state index in [-0.39, 0.29) is 28.9 Å². The summed E-state index contributed by atoms with van der Waals surface area (Å²) in [5.41, 5.74) is 2.75. The first-order valence-electron chi connectivity index (χ1n) is 15.7. The number of hydrogen-bond donors (Lipinski definition) is 1. The first-order chi connectivity index (χ1) is 20.9. The van der Waals surface area contributed by atoms with Crippen LogP contribution >= 0.6 is 0 Å². The van der Waals surface area contributed by atoms with Gasteiger partial charge in [-0.25, -0.2) is 9.18 Å². The molecule has 2 amide bonds. The van der Waals surface area contributed by atoms with E-state index in [4.69, 9.17) is 4.74 Å². The Morgan fingerprint density at radius 1 is 1.05 bits per heavy atom. The van der Waals surface area contributed by atoms with Crippen molar-refractivity contribution in [2.45, 2.75) is 63.6 Å². The number of aromatic nitrogens is 1. The summed E-state index contributed by atoms with van der Waals surface area (Å²) in [4.78, 5) is 31.6. The van der Waals surface area contributed by atoms with E-state index in [1.54, 1.807) is 13.2 Å². The molecule has 0 bridgehead atoms. The van der Waals surface area contributed by atoms with Crippen LogP contribution in [-0.2, 0) is 6.54 Å². The maximum atomic E-state index is 14.2. The minimum atomic E-state index is -0.263. The van der Waals surface area contributed by atoms with E-state index in [9.17, 15) is 14.0 Å². The maximum absolute atomic E-state index is 14.2. The number of ether oxygens (including phenoxy) is 1. The zero-order chi connectivity index (χ0) is 30.0. The van der Waals surface area contributed by atoms with Crippen LogP contribution in [0.3, 0.4) is 0 Å². The highest BCUT2D eigenvalue weighted by Crippen LogP contribution is 2.49. The van der Waals surface area contributed by atoms with E-state index in [2.05, 4.69) is 10.2 Å². The third-order valence-electron chi connectivity index (χ3n) is 10.3. The molecule has 3 atom stereocenters. The molecule has 3 aliphatic rings. The average molecular weight is 587 g/mol. The number of likely N-dealkylation sites (tertiary alicyclic amines) is 2. The molecule has 0 unspecified atom stereocenters. The Morgan fingerprint density at radius 2 is 1.81 bits per heavy atom. The van der Waals surface area contributed by atoms with E-state index in [1.807, 2.05) is 65.2 Å². The lowest BCUT2D eigenvalue weighted by Gasteiger charge is -2.49. The fourth-order valence-corrected chi connectivity index (χ4v) is 7.89. The van der Waals surface area contributed by atoms with Gasteiger partial charge >= 0.3 is 6.03 Å². The second kappa shape index (κ2) is 12.5. The Balaban J connectivity index is 1.20. The molecule has 1 aliphatic carbocycles. The minimum Gasteiger partial charge on any atom is -0.496 e. The largest absolute Gasteiger partial charge is 0.496 e. The maximum Gasteiger partial charge on any atom is 0.320 e. The number of para-hydroxylation sites is 1. The lowest BCUT2D eigenvalue weighted by Crippen LogP contribution is -2.56. The summed E-state index contributed by atoms with van der Waals surface area (Å²) >= 11 is 0. The van der Waals surface area contributed by atoms with Crippen LogP contribution in [0.1, 0.15) is 56.6 Å². The third-order valence-corrected chi connectivity index (χ3v) is 10.3. The Hall–Kier alpha value is -3.65. The van der Waals surface area contributed by atoms with Gasteiger partial charge in [0.25, 0.3) is 5.56 Å². The normalized spacial score (nSPS) is 23.5. The Morgan fingerprint density at radius 3 is 2.53 bits per heavy atom. The van der Waals surface area contributed by atoms with Crippen LogP contribution in [0.25, 0.3) is 11.1 Å². The number of piperidine rings is 2. The molecule has 2 aliphatic heterocycles. The van der Waals surface area contributed by atoms with Crippen molar-refractivity contribution in [1.82, 2.24) is 19.7 Å². The predicted octanol–water partition coefficient (Wildman–Crippen LogP) is 6.09. The Labute approximate surface area is 253 Å². The van der Waals surface area contributed by atoms with E-state index in [1.165, 1.54) is 12.1 Å². The lowest BCUT2D eigenvalue weighted by atomic mass is 9.69. The second-order valence-corrected chi connectivity index (χ2v) is 12.6. The van der Waals surface area contributed by atoms with Gasteiger partial charge in [0, 0.05) is 50.0 Å². The van der Waals surface area contributed by atoms with E-state index >= 15 is 0 Å². The van der Waals surface area contributed by atoms with Crippen molar-refractivity contribution in [3.05, 3.63) is 88.6 Å². The number of methoxy groups -OCH3 is 1. The molecule has 228 valence electrons. The standard InChI is InChI=1S/C35H43FN4O3/c1-37-29-15-20-40(31(22-29)25-9-11-28(36)12-10-25)34(42)39-19-14-27(35(24-39)16-5-6-17-35)23-38-18-13-26(21-33(38)41)30-7-3-4-8-32(30)43-2/h3-4,7-13,18,21,27,29,31,37H,5-6,14-17,19-20,22-24H2,1-2H3/t27-,29+,31-/m0/s1. The van der Waals surface area contributed by atoms with Gasteiger partial charge in [0.1, 0.15) is 11.6 Å².